The van der Waals surface area contributed by atoms with Crippen molar-refractivity contribution in [3.8, 4) is 0 Å². The average molecular weight is 287 g/mol. The quantitative estimate of drug-likeness (QED) is 0.844. The van der Waals surface area contributed by atoms with E-state index in [0.717, 1.165) is 38.0 Å². The molecule has 2 saturated carbocycles. The lowest BCUT2D eigenvalue weighted by Gasteiger charge is -2.31. The number of nitrogens with one attached hydrogen (secondary N) is 1. The SMILES string of the molecule is O=C(O)C1CCC(NC(Cc2ccccc2)C2CC2)CC1. The molecule has 2 N–H and O–H groups in total. The summed E-state index contributed by atoms with van der Waals surface area (Å²) in [7, 11) is 0. The molecule has 0 heterocycles. The lowest BCUT2D eigenvalue weighted by Crippen LogP contribution is -2.43. The lowest BCUT2D eigenvalue weighted by molar-refractivity contribution is -0.142. The van der Waals surface area contributed by atoms with Crippen LogP contribution in [0, 0.1) is 11.8 Å². The number of carboxylic acids is 1. The molecule has 2 aliphatic rings. The van der Waals surface area contributed by atoms with E-state index in [0.29, 0.717) is 12.1 Å². The summed E-state index contributed by atoms with van der Waals surface area (Å²) < 4.78 is 0. The Kier molecular flexibility index (Phi) is 4.59. The Morgan fingerprint density at radius 3 is 2.33 bits per heavy atom. The van der Waals surface area contributed by atoms with Crippen molar-refractivity contribution in [2.45, 2.75) is 57.0 Å². The molecule has 0 radical (unpaired) electrons. The van der Waals surface area contributed by atoms with Crippen LogP contribution in [0.2, 0.25) is 0 Å². The largest absolute Gasteiger partial charge is 0.481 e. The van der Waals surface area contributed by atoms with Gasteiger partial charge in [-0.3, -0.25) is 4.79 Å². The fourth-order valence-corrected chi connectivity index (χ4v) is 3.54. The van der Waals surface area contributed by atoms with Crippen LogP contribution >= 0.6 is 0 Å². The van der Waals surface area contributed by atoms with Gasteiger partial charge >= 0.3 is 5.97 Å². The maximum Gasteiger partial charge on any atom is 0.306 e. The second-order valence-corrected chi connectivity index (χ2v) is 6.69. The van der Waals surface area contributed by atoms with Crippen molar-refractivity contribution < 1.29 is 9.90 Å². The number of hydrogen-bond donors (Lipinski definition) is 2. The zero-order chi connectivity index (χ0) is 14.7. The van der Waals surface area contributed by atoms with E-state index in [2.05, 4.69) is 35.6 Å². The molecular weight excluding hydrogens is 262 g/mol. The van der Waals surface area contributed by atoms with Gasteiger partial charge in [-0.1, -0.05) is 30.3 Å². The molecule has 0 amide bonds. The van der Waals surface area contributed by atoms with Crippen molar-refractivity contribution >= 4 is 5.97 Å². The van der Waals surface area contributed by atoms with Gasteiger partial charge in [0.1, 0.15) is 0 Å². The summed E-state index contributed by atoms with van der Waals surface area (Å²) in [6, 6.07) is 11.8. The van der Waals surface area contributed by atoms with E-state index in [1.807, 2.05) is 0 Å². The minimum Gasteiger partial charge on any atom is -0.481 e. The van der Waals surface area contributed by atoms with E-state index < -0.39 is 5.97 Å². The summed E-state index contributed by atoms with van der Waals surface area (Å²) in [4.78, 5) is 11.0. The van der Waals surface area contributed by atoms with Crippen LogP contribution in [0.3, 0.4) is 0 Å². The van der Waals surface area contributed by atoms with E-state index in [1.165, 1.54) is 18.4 Å². The standard InChI is InChI=1S/C18H25NO2/c20-18(21)15-8-10-16(11-9-15)19-17(14-6-7-14)12-13-4-2-1-3-5-13/h1-5,14-17,19H,6-12H2,(H,20,21). The Morgan fingerprint density at radius 2 is 1.76 bits per heavy atom. The monoisotopic (exact) mass is 287 g/mol. The minimum absolute atomic E-state index is 0.114. The van der Waals surface area contributed by atoms with Crippen molar-refractivity contribution in [3.63, 3.8) is 0 Å². The summed E-state index contributed by atoms with van der Waals surface area (Å²) in [5, 5.41) is 12.9. The van der Waals surface area contributed by atoms with Gasteiger partial charge in [0, 0.05) is 12.1 Å². The highest BCUT2D eigenvalue weighted by molar-refractivity contribution is 5.70. The molecule has 0 aromatic heterocycles. The number of aliphatic carboxylic acids is 1. The lowest BCUT2D eigenvalue weighted by atomic mass is 9.85. The fourth-order valence-electron chi connectivity index (χ4n) is 3.54. The smallest absolute Gasteiger partial charge is 0.306 e. The molecule has 2 fully saturated rings. The number of hydrogen-bond acceptors (Lipinski definition) is 2. The Balaban J connectivity index is 1.53. The molecule has 3 rings (SSSR count). The van der Waals surface area contributed by atoms with Gasteiger partial charge in [-0.2, -0.15) is 0 Å². The van der Waals surface area contributed by atoms with E-state index in [1.54, 1.807) is 0 Å². The number of carboxylic acid groups (broad SMARTS) is 1. The van der Waals surface area contributed by atoms with Crippen LogP contribution in [0.5, 0.6) is 0 Å². The number of carbonyl (C=O) groups is 1. The molecule has 2 aliphatic carbocycles. The maximum absolute atomic E-state index is 11.0. The molecule has 1 unspecified atom stereocenters. The van der Waals surface area contributed by atoms with Crippen LogP contribution < -0.4 is 5.32 Å². The first-order valence-corrected chi connectivity index (χ1v) is 8.25. The minimum atomic E-state index is -0.614. The Labute approximate surface area is 126 Å². The highest BCUT2D eigenvalue weighted by atomic mass is 16.4. The van der Waals surface area contributed by atoms with Gasteiger partial charge in [0.2, 0.25) is 0 Å². The normalized spacial score (nSPS) is 27.2. The molecule has 0 aliphatic heterocycles. The van der Waals surface area contributed by atoms with Crippen LogP contribution in [0.4, 0.5) is 0 Å². The highest BCUT2D eigenvalue weighted by Crippen LogP contribution is 2.35. The first kappa shape index (κ1) is 14.6. The summed E-state index contributed by atoms with van der Waals surface area (Å²) >= 11 is 0. The summed E-state index contributed by atoms with van der Waals surface area (Å²) in [6.45, 7) is 0. The summed E-state index contributed by atoms with van der Waals surface area (Å²) in [6.07, 6.45) is 7.46. The molecule has 1 aromatic rings. The molecule has 1 aromatic carbocycles. The molecule has 0 saturated heterocycles. The third-order valence-electron chi connectivity index (χ3n) is 5.02. The van der Waals surface area contributed by atoms with Crippen molar-refractivity contribution in [1.82, 2.24) is 5.32 Å². The zero-order valence-corrected chi connectivity index (χ0v) is 12.5. The van der Waals surface area contributed by atoms with E-state index >= 15 is 0 Å². The van der Waals surface area contributed by atoms with Gasteiger partial charge in [0.15, 0.2) is 0 Å². The van der Waals surface area contributed by atoms with Gasteiger partial charge in [-0.15, -0.1) is 0 Å². The Bertz CT molecular complexity index is 461. The molecule has 114 valence electrons. The number of rotatable bonds is 6. The van der Waals surface area contributed by atoms with Crippen LogP contribution in [-0.2, 0) is 11.2 Å². The first-order chi connectivity index (χ1) is 10.2. The molecule has 0 bridgehead atoms. The van der Waals surface area contributed by atoms with E-state index in [-0.39, 0.29) is 5.92 Å². The van der Waals surface area contributed by atoms with Crippen molar-refractivity contribution in [3.05, 3.63) is 35.9 Å². The maximum atomic E-state index is 11.0. The summed E-state index contributed by atoms with van der Waals surface area (Å²) in [5.41, 5.74) is 1.40. The fraction of sp³-hybridized carbons (Fsp3) is 0.611. The van der Waals surface area contributed by atoms with Crippen molar-refractivity contribution in [2.24, 2.45) is 11.8 Å². The Morgan fingerprint density at radius 1 is 1.10 bits per heavy atom. The summed E-state index contributed by atoms with van der Waals surface area (Å²) in [5.74, 6) is 0.0930. The third-order valence-corrected chi connectivity index (χ3v) is 5.02. The molecular formula is C18H25NO2. The van der Waals surface area contributed by atoms with Gasteiger partial charge < -0.3 is 10.4 Å². The third kappa shape index (κ3) is 4.07. The van der Waals surface area contributed by atoms with Gasteiger partial charge in [0.05, 0.1) is 5.92 Å². The van der Waals surface area contributed by atoms with Gasteiger partial charge in [0.25, 0.3) is 0 Å². The molecule has 0 spiro atoms. The molecule has 21 heavy (non-hydrogen) atoms. The predicted octanol–water partition coefficient (Wildman–Crippen LogP) is 3.24. The van der Waals surface area contributed by atoms with Crippen LogP contribution in [-0.4, -0.2) is 23.2 Å². The second kappa shape index (κ2) is 6.61. The van der Waals surface area contributed by atoms with Crippen molar-refractivity contribution in [2.75, 3.05) is 0 Å². The highest BCUT2D eigenvalue weighted by Gasteiger charge is 2.34. The van der Waals surface area contributed by atoms with Crippen LogP contribution in [0.15, 0.2) is 30.3 Å². The Hall–Kier alpha value is -1.35. The molecule has 3 heteroatoms. The molecule has 1 atom stereocenters. The van der Waals surface area contributed by atoms with Crippen molar-refractivity contribution in [1.29, 1.82) is 0 Å². The van der Waals surface area contributed by atoms with E-state index in [9.17, 15) is 4.79 Å². The average Bonchev–Trinajstić information content (AvgIpc) is 3.33. The predicted molar refractivity (Wildman–Crippen MR) is 83.2 cm³/mol. The van der Waals surface area contributed by atoms with E-state index in [4.69, 9.17) is 5.11 Å². The van der Waals surface area contributed by atoms with Gasteiger partial charge in [-0.05, 0) is 56.4 Å². The first-order valence-electron chi connectivity index (χ1n) is 8.25. The second-order valence-electron chi connectivity index (χ2n) is 6.69. The molecule has 3 nitrogen and oxygen atoms in total. The van der Waals surface area contributed by atoms with Gasteiger partial charge in [-0.25, -0.2) is 0 Å². The van der Waals surface area contributed by atoms with Crippen LogP contribution in [0.1, 0.15) is 44.1 Å². The van der Waals surface area contributed by atoms with Crippen LogP contribution in [0.25, 0.3) is 0 Å². The zero-order valence-electron chi connectivity index (χ0n) is 12.5. The number of benzene rings is 1. The topological polar surface area (TPSA) is 49.3 Å².